The van der Waals surface area contributed by atoms with Crippen LogP contribution in [0.3, 0.4) is 0 Å². The number of methoxy groups -OCH3 is 1. The van der Waals surface area contributed by atoms with Gasteiger partial charge in [0.25, 0.3) is 5.56 Å². The normalized spacial score (nSPS) is 27.0. The van der Waals surface area contributed by atoms with Gasteiger partial charge in [-0.1, -0.05) is 0 Å². The van der Waals surface area contributed by atoms with E-state index in [1.54, 1.807) is 7.11 Å². The Morgan fingerprint density at radius 1 is 1.12 bits per heavy atom. The van der Waals surface area contributed by atoms with Gasteiger partial charge in [-0.15, -0.1) is 0 Å². The number of hydrogen-bond donors (Lipinski definition) is 1. The monoisotopic (exact) mass is 370 g/mol. The highest BCUT2D eigenvalue weighted by Gasteiger charge is 2.48. The summed E-state index contributed by atoms with van der Waals surface area (Å²) in [5.74, 6) is 0. The Morgan fingerprint density at radius 3 is 2.27 bits per heavy atom. The van der Waals surface area contributed by atoms with Crippen LogP contribution in [0.15, 0.2) is 21.9 Å². The molecule has 0 aliphatic carbocycles. The maximum atomic E-state index is 12.2. The van der Waals surface area contributed by atoms with Gasteiger partial charge in [0.1, 0.15) is 18.3 Å². The van der Waals surface area contributed by atoms with Crippen LogP contribution in [0.4, 0.5) is 0 Å². The van der Waals surface area contributed by atoms with E-state index in [9.17, 15) is 9.59 Å². The second kappa shape index (κ2) is 7.64. The molecule has 2 heterocycles. The van der Waals surface area contributed by atoms with Crippen LogP contribution in [0.2, 0.25) is 0 Å². The van der Waals surface area contributed by atoms with Gasteiger partial charge in [-0.2, -0.15) is 0 Å². The molecule has 0 spiro atoms. The highest BCUT2D eigenvalue weighted by molar-refractivity contribution is 4.96. The minimum absolute atomic E-state index is 0.290. The van der Waals surface area contributed by atoms with E-state index in [1.807, 2.05) is 41.5 Å². The fourth-order valence-electron chi connectivity index (χ4n) is 2.83. The van der Waals surface area contributed by atoms with Crippen molar-refractivity contribution in [1.82, 2.24) is 9.55 Å². The first kappa shape index (κ1) is 20.8. The summed E-state index contributed by atoms with van der Waals surface area (Å²) >= 11 is 0. The third-order valence-electron chi connectivity index (χ3n) is 3.85. The van der Waals surface area contributed by atoms with Crippen LogP contribution >= 0.6 is 0 Å². The van der Waals surface area contributed by atoms with Gasteiger partial charge >= 0.3 is 5.69 Å². The summed E-state index contributed by atoms with van der Waals surface area (Å²) in [6.45, 7) is 12.0. The molecule has 1 N–H and O–H groups in total. The first-order valence-electron chi connectivity index (χ1n) is 8.73. The predicted octanol–water partition coefficient (Wildman–Crippen LogP) is 1.45. The molecule has 0 saturated carbocycles. The van der Waals surface area contributed by atoms with E-state index in [2.05, 4.69) is 4.98 Å². The quantitative estimate of drug-likeness (QED) is 0.843. The Morgan fingerprint density at radius 2 is 1.77 bits per heavy atom. The molecule has 8 heteroatoms. The number of rotatable bonds is 5. The summed E-state index contributed by atoms with van der Waals surface area (Å²) in [6, 6.07) is 1.27. The highest BCUT2D eigenvalue weighted by atomic mass is 16.6. The van der Waals surface area contributed by atoms with E-state index >= 15 is 0 Å². The molecule has 1 aromatic heterocycles. The average molecular weight is 370 g/mol. The SMILES string of the molecule is CO[C@H]1C(OC(C)(C)C)[C@@H](COC(C)(C)C)O[C@H]1n1ccc(=O)[nH]c1=O. The van der Waals surface area contributed by atoms with E-state index in [0.29, 0.717) is 6.61 Å². The zero-order valence-electron chi connectivity index (χ0n) is 16.6. The summed E-state index contributed by atoms with van der Waals surface area (Å²) in [4.78, 5) is 25.8. The summed E-state index contributed by atoms with van der Waals surface area (Å²) in [6.07, 6.45) is -0.732. The smallest absolute Gasteiger partial charge is 0.330 e. The fourth-order valence-corrected chi connectivity index (χ4v) is 2.83. The fraction of sp³-hybridized carbons (Fsp3) is 0.778. The first-order valence-corrected chi connectivity index (χ1v) is 8.73. The van der Waals surface area contributed by atoms with Crippen LogP contribution in [-0.4, -0.2) is 52.8 Å². The van der Waals surface area contributed by atoms with Crippen molar-refractivity contribution in [3.8, 4) is 0 Å². The van der Waals surface area contributed by atoms with Crippen LogP contribution in [0.25, 0.3) is 0 Å². The molecular weight excluding hydrogens is 340 g/mol. The minimum Gasteiger partial charge on any atom is -0.374 e. The lowest BCUT2D eigenvalue weighted by Gasteiger charge is -2.31. The van der Waals surface area contributed by atoms with E-state index in [4.69, 9.17) is 18.9 Å². The maximum Gasteiger partial charge on any atom is 0.330 e. The number of aromatic amines is 1. The van der Waals surface area contributed by atoms with Crippen molar-refractivity contribution >= 4 is 0 Å². The highest BCUT2D eigenvalue weighted by Crippen LogP contribution is 2.35. The van der Waals surface area contributed by atoms with E-state index in [0.717, 1.165) is 0 Å². The maximum absolute atomic E-state index is 12.2. The Balaban J connectivity index is 2.34. The van der Waals surface area contributed by atoms with Crippen LogP contribution in [0, 0.1) is 0 Å². The van der Waals surface area contributed by atoms with Crippen molar-refractivity contribution in [3.05, 3.63) is 33.1 Å². The zero-order chi connectivity index (χ0) is 19.7. The van der Waals surface area contributed by atoms with Crippen LogP contribution in [0.1, 0.15) is 47.8 Å². The van der Waals surface area contributed by atoms with Gasteiger partial charge in [-0.25, -0.2) is 4.79 Å². The second-order valence-corrected chi connectivity index (χ2v) is 8.40. The molecule has 4 atom stereocenters. The number of nitrogens with zero attached hydrogens (tertiary/aromatic N) is 1. The van der Waals surface area contributed by atoms with Crippen molar-refractivity contribution in [1.29, 1.82) is 0 Å². The lowest BCUT2D eigenvalue weighted by atomic mass is 10.1. The van der Waals surface area contributed by atoms with Gasteiger partial charge in [0, 0.05) is 19.4 Å². The number of aromatic nitrogens is 2. The van der Waals surface area contributed by atoms with Gasteiger partial charge in [0.05, 0.1) is 17.8 Å². The molecule has 1 fully saturated rings. The first-order chi connectivity index (χ1) is 11.9. The number of hydrogen-bond acceptors (Lipinski definition) is 6. The largest absolute Gasteiger partial charge is 0.374 e. The van der Waals surface area contributed by atoms with Gasteiger partial charge in [-0.05, 0) is 41.5 Å². The van der Waals surface area contributed by atoms with Crippen molar-refractivity contribution < 1.29 is 18.9 Å². The molecule has 0 amide bonds. The summed E-state index contributed by atoms with van der Waals surface area (Å²) in [7, 11) is 1.55. The standard InChI is InChI=1S/C18H30N2O6/c1-17(2,3)24-10-11-13(26-18(4,5)6)14(23-7)15(25-11)20-9-8-12(21)19-16(20)22/h8-9,11,13-15H,10H2,1-7H3,(H,19,21,22)/t11-,13?,14+,15-/m1/s1. The number of H-pyrrole nitrogens is 1. The number of ether oxygens (including phenoxy) is 4. The van der Waals surface area contributed by atoms with Crippen LogP contribution in [-0.2, 0) is 18.9 Å². The van der Waals surface area contributed by atoms with Gasteiger partial charge in [-0.3, -0.25) is 14.3 Å². The van der Waals surface area contributed by atoms with Crippen molar-refractivity contribution in [2.45, 2.75) is 77.3 Å². The summed E-state index contributed by atoms with van der Waals surface area (Å²) < 4.78 is 25.1. The predicted molar refractivity (Wildman–Crippen MR) is 96.4 cm³/mol. The van der Waals surface area contributed by atoms with Crippen LogP contribution in [0.5, 0.6) is 0 Å². The molecule has 0 radical (unpaired) electrons. The van der Waals surface area contributed by atoms with Crippen LogP contribution < -0.4 is 11.2 Å². The lowest BCUT2D eigenvalue weighted by molar-refractivity contribution is -0.140. The topological polar surface area (TPSA) is 91.8 Å². The zero-order valence-corrected chi connectivity index (χ0v) is 16.6. The number of nitrogens with one attached hydrogen (secondary N) is 1. The molecule has 148 valence electrons. The molecule has 1 unspecified atom stereocenters. The van der Waals surface area contributed by atoms with E-state index in [1.165, 1.54) is 16.8 Å². The molecule has 0 aromatic carbocycles. The molecule has 26 heavy (non-hydrogen) atoms. The summed E-state index contributed by atoms with van der Waals surface area (Å²) in [5.41, 5.74) is -1.80. The Bertz CT molecular complexity index is 712. The van der Waals surface area contributed by atoms with Crippen molar-refractivity contribution in [3.63, 3.8) is 0 Å². The Hall–Kier alpha value is -1.48. The Kier molecular flexibility index (Phi) is 6.12. The van der Waals surface area contributed by atoms with E-state index in [-0.39, 0.29) is 5.60 Å². The molecule has 1 saturated heterocycles. The second-order valence-electron chi connectivity index (χ2n) is 8.40. The molecule has 1 aromatic rings. The minimum atomic E-state index is -0.731. The lowest BCUT2D eigenvalue weighted by Crippen LogP contribution is -2.44. The summed E-state index contributed by atoms with van der Waals surface area (Å²) in [5, 5.41) is 0. The van der Waals surface area contributed by atoms with Gasteiger partial charge < -0.3 is 18.9 Å². The van der Waals surface area contributed by atoms with Crippen molar-refractivity contribution in [2.24, 2.45) is 0 Å². The third-order valence-corrected chi connectivity index (χ3v) is 3.85. The van der Waals surface area contributed by atoms with Gasteiger partial charge in [0.2, 0.25) is 0 Å². The Labute approximate surface area is 153 Å². The molecular formula is C18H30N2O6. The molecule has 1 aliphatic heterocycles. The molecule has 0 bridgehead atoms. The molecule has 2 rings (SSSR count). The van der Waals surface area contributed by atoms with E-state index < -0.39 is 41.4 Å². The molecule has 1 aliphatic rings. The average Bonchev–Trinajstić information content (AvgIpc) is 2.80. The van der Waals surface area contributed by atoms with Gasteiger partial charge in [0.15, 0.2) is 6.23 Å². The van der Waals surface area contributed by atoms with Crippen molar-refractivity contribution in [2.75, 3.05) is 13.7 Å². The molecule has 8 nitrogen and oxygen atoms in total. The third kappa shape index (κ3) is 5.26.